The highest BCUT2D eigenvalue weighted by Crippen LogP contribution is 2.19. The summed E-state index contributed by atoms with van der Waals surface area (Å²) in [6.07, 6.45) is 0. The number of thiazole rings is 1. The first kappa shape index (κ1) is 7.96. The molecule has 0 radical (unpaired) electrons. The van der Waals surface area contributed by atoms with Crippen molar-refractivity contribution in [3.05, 3.63) is 10.6 Å². The predicted molar refractivity (Wildman–Crippen MR) is 39.4 cm³/mol. The smallest absolute Gasteiger partial charge is 0.347 e. The fourth-order valence-electron chi connectivity index (χ4n) is 0.644. The molecular weight excluding hydrogens is 168 g/mol. The molecule has 1 aromatic heterocycles. The molecule has 0 saturated carbocycles. The SMILES string of the molecule is Nc1nc(CO)c(C(=O)O)s1. The van der Waals surface area contributed by atoms with E-state index in [1.54, 1.807) is 0 Å². The van der Waals surface area contributed by atoms with E-state index in [0.29, 0.717) is 0 Å². The van der Waals surface area contributed by atoms with Gasteiger partial charge in [0.2, 0.25) is 0 Å². The normalized spacial score (nSPS) is 9.91. The molecule has 1 aromatic rings. The van der Waals surface area contributed by atoms with Gasteiger partial charge in [0.15, 0.2) is 5.13 Å². The summed E-state index contributed by atoms with van der Waals surface area (Å²) in [7, 11) is 0. The van der Waals surface area contributed by atoms with E-state index in [1.807, 2.05) is 0 Å². The van der Waals surface area contributed by atoms with Gasteiger partial charge in [-0.05, 0) is 0 Å². The summed E-state index contributed by atoms with van der Waals surface area (Å²) in [5, 5.41) is 17.3. The van der Waals surface area contributed by atoms with Crippen LogP contribution >= 0.6 is 11.3 Å². The zero-order valence-corrected chi connectivity index (χ0v) is 6.26. The van der Waals surface area contributed by atoms with Gasteiger partial charge in [-0.25, -0.2) is 9.78 Å². The first-order valence-corrected chi connectivity index (χ1v) is 3.56. The lowest BCUT2D eigenvalue weighted by molar-refractivity contribution is 0.0698. The number of nitrogen functional groups attached to an aromatic ring is 1. The molecule has 0 unspecified atom stereocenters. The second kappa shape index (κ2) is 2.85. The number of rotatable bonds is 2. The van der Waals surface area contributed by atoms with E-state index in [4.69, 9.17) is 15.9 Å². The largest absolute Gasteiger partial charge is 0.477 e. The molecule has 4 N–H and O–H groups in total. The Bertz CT molecular complexity index is 283. The number of nitrogens with two attached hydrogens (primary N) is 1. The molecule has 0 aliphatic rings. The lowest BCUT2D eigenvalue weighted by atomic mass is 10.4. The monoisotopic (exact) mass is 174 g/mol. The van der Waals surface area contributed by atoms with Crippen LogP contribution in [0.5, 0.6) is 0 Å². The topological polar surface area (TPSA) is 96.4 Å². The van der Waals surface area contributed by atoms with Gasteiger partial charge in [-0.1, -0.05) is 11.3 Å². The van der Waals surface area contributed by atoms with E-state index in [2.05, 4.69) is 4.98 Å². The number of aromatic carboxylic acids is 1. The average Bonchev–Trinajstić information content (AvgIpc) is 2.30. The van der Waals surface area contributed by atoms with Crippen LogP contribution in [0, 0.1) is 0 Å². The predicted octanol–water partition coefficient (Wildman–Crippen LogP) is -0.0842. The van der Waals surface area contributed by atoms with Crippen LogP contribution in [0.2, 0.25) is 0 Å². The molecule has 0 aliphatic heterocycles. The average molecular weight is 174 g/mol. The summed E-state index contributed by atoms with van der Waals surface area (Å²) in [6.45, 7) is -0.394. The maximum Gasteiger partial charge on any atom is 0.347 e. The van der Waals surface area contributed by atoms with Crippen molar-refractivity contribution in [2.24, 2.45) is 0 Å². The summed E-state index contributed by atoms with van der Waals surface area (Å²) in [4.78, 5) is 14.0. The first-order valence-electron chi connectivity index (χ1n) is 2.74. The van der Waals surface area contributed by atoms with Crippen molar-refractivity contribution in [3.63, 3.8) is 0 Å². The van der Waals surface area contributed by atoms with E-state index < -0.39 is 12.6 Å². The molecule has 0 atom stereocenters. The van der Waals surface area contributed by atoms with Crippen LogP contribution < -0.4 is 5.73 Å². The van der Waals surface area contributed by atoms with Gasteiger partial charge in [-0.15, -0.1) is 0 Å². The van der Waals surface area contributed by atoms with Gasteiger partial charge in [0, 0.05) is 0 Å². The van der Waals surface area contributed by atoms with Crippen LogP contribution in [-0.2, 0) is 6.61 Å². The Labute approximate surface area is 66.1 Å². The molecule has 11 heavy (non-hydrogen) atoms. The maximum absolute atomic E-state index is 10.4. The molecule has 6 heteroatoms. The summed E-state index contributed by atoms with van der Waals surface area (Å²) in [5.41, 5.74) is 5.35. The number of carboxylic acid groups (broad SMARTS) is 1. The Morgan fingerprint density at radius 3 is 2.73 bits per heavy atom. The highest BCUT2D eigenvalue weighted by Gasteiger charge is 2.14. The van der Waals surface area contributed by atoms with E-state index in [0.717, 1.165) is 11.3 Å². The number of hydrogen-bond acceptors (Lipinski definition) is 5. The van der Waals surface area contributed by atoms with Crippen molar-refractivity contribution >= 4 is 22.4 Å². The van der Waals surface area contributed by atoms with Gasteiger partial charge in [-0.2, -0.15) is 0 Å². The molecule has 0 spiro atoms. The van der Waals surface area contributed by atoms with Crippen LogP contribution in [0.15, 0.2) is 0 Å². The van der Waals surface area contributed by atoms with E-state index >= 15 is 0 Å². The number of aromatic nitrogens is 1. The minimum absolute atomic E-state index is 0.00463. The molecule has 0 bridgehead atoms. The van der Waals surface area contributed by atoms with Crippen LogP contribution in [0.4, 0.5) is 5.13 Å². The number of nitrogens with zero attached hydrogens (tertiary/aromatic N) is 1. The number of carboxylic acids is 1. The van der Waals surface area contributed by atoms with Gasteiger partial charge < -0.3 is 15.9 Å². The molecule has 0 saturated heterocycles. The van der Waals surface area contributed by atoms with Crippen LogP contribution in [0.3, 0.4) is 0 Å². The molecule has 0 aromatic carbocycles. The number of hydrogen-bond donors (Lipinski definition) is 3. The van der Waals surface area contributed by atoms with Crippen LogP contribution in [-0.4, -0.2) is 21.2 Å². The Morgan fingerprint density at radius 1 is 1.73 bits per heavy atom. The molecule has 60 valence electrons. The lowest BCUT2D eigenvalue weighted by Crippen LogP contribution is -1.98. The van der Waals surface area contributed by atoms with E-state index in [-0.39, 0.29) is 15.7 Å². The Balaban J connectivity index is 3.12. The summed E-state index contributed by atoms with van der Waals surface area (Å²) < 4.78 is 0. The van der Waals surface area contributed by atoms with Crippen molar-refractivity contribution in [2.75, 3.05) is 5.73 Å². The molecule has 1 heterocycles. The van der Waals surface area contributed by atoms with E-state index in [9.17, 15) is 4.79 Å². The second-order valence-electron chi connectivity index (χ2n) is 1.79. The van der Waals surface area contributed by atoms with Gasteiger partial charge in [0.1, 0.15) is 4.88 Å². The third-order valence-corrected chi connectivity index (χ3v) is 1.97. The molecule has 0 aliphatic carbocycles. The van der Waals surface area contributed by atoms with Crippen molar-refractivity contribution in [2.45, 2.75) is 6.61 Å². The van der Waals surface area contributed by atoms with Gasteiger partial charge in [-0.3, -0.25) is 0 Å². The summed E-state index contributed by atoms with van der Waals surface area (Å²) in [6, 6.07) is 0. The number of aliphatic hydroxyl groups is 1. The molecular formula is C5H6N2O3S. The zero-order chi connectivity index (χ0) is 8.43. The molecule has 0 amide bonds. The lowest BCUT2D eigenvalue weighted by Gasteiger charge is -1.88. The minimum Gasteiger partial charge on any atom is -0.477 e. The summed E-state index contributed by atoms with van der Waals surface area (Å²) in [5.74, 6) is -1.11. The summed E-state index contributed by atoms with van der Waals surface area (Å²) >= 11 is 0.854. The second-order valence-corrected chi connectivity index (χ2v) is 2.82. The third-order valence-electron chi connectivity index (χ3n) is 1.06. The molecule has 1 rings (SSSR count). The maximum atomic E-state index is 10.4. The first-order chi connectivity index (χ1) is 5.15. The molecule has 0 fully saturated rings. The quantitative estimate of drug-likeness (QED) is 0.582. The van der Waals surface area contributed by atoms with Gasteiger partial charge >= 0.3 is 5.97 Å². The fraction of sp³-hybridized carbons (Fsp3) is 0.200. The van der Waals surface area contributed by atoms with Crippen LogP contribution in [0.1, 0.15) is 15.4 Å². The Hall–Kier alpha value is -1.14. The Morgan fingerprint density at radius 2 is 2.36 bits per heavy atom. The molecule has 5 nitrogen and oxygen atoms in total. The minimum atomic E-state index is -1.11. The van der Waals surface area contributed by atoms with Crippen molar-refractivity contribution in [1.82, 2.24) is 4.98 Å². The zero-order valence-electron chi connectivity index (χ0n) is 5.44. The van der Waals surface area contributed by atoms with Crippen LogP contribution in [0.25, 0.3) is 0 Å². The third kappa shape index (κ3) is 1.47. The highest BCUT2D eigenvalue weighted by molar-refractivity contribution is 7.17. The van der Waals surface area contributed by atoms with E-state index in [1.165, 1.54) is 0 Å². The van der Waals surface area contributed by atoms with Crippen molar-refractivity contribution in [3.8, 4) is 0 Å². The Kier molecular flexibility index (Phi) is 2.06. The van der Waals surface area contributed by atoms with Gasteiger partial charge in [0.25, 0.3) is 0 Å². The standard InChI is InChI=1S/C5H6N2O3S/c6-5-7-2(1-8)3(11-5)4(9)10/h8H,1H2,(H2,6,7)(H,9,10). The van der Waals surface area contributed by atoms with Crippen molar-refractivity contribution in [1.29, 1.82) is 0 Å². The highest BCUT2D eigenvalue weighted by atomic mass is 32.1. The van der Waals surface area contributed by atoms with Crippen molar-refractivity contribution < 1.29 is 15.0 Å². The number of aliphatic hydroxyl groups excluding tert-OH is 1. The number of anilines is 1. The number of carbonyl (C=O) groups is 1. The van der Waals surface area contributed by atoms with Gasteiger partial charge in [0.05, 0.1) is 12.3 Å². The fourth-order valence-corrected chi connectivity index (χ4v) is 1.32.